The number of ether oxygens (including phenoxy) is 10. The summed E-state index contributed by atoms with van der Waals surface area (Å²) in [5, 5.41) is -1.26. The van der Waals surface area contributed by atoms with Crippen LogP contribution < -0.4 is 0 Å². The Morgan fingerprint density at radius 3 is 1.42 bits per heavy atom. The molecule has 3 aromatic rings. The van der Waals surface area contributed by atoms with Crippen molar-refractivity contribution in [2.45, 2.75) is 87.4 Å². The zero-order chi connectivity index (χ0) is 43.3. The molecule has 2 saturated heterocycles. The summed E-state index contributed by atoms with van der Waals surface area (Å²) in [4.78, 5) is 90.6. The van der Waals surface area contributed by atoms with E-state index in [0.29, 0.717) is 0 Å². The molecule has 5 rings (SSSR count). The maximum Gasteiger partial charge on any atom is 0.338 e. The molecular weight excluding hydrogens is 809 g/mol. The molecular formula is C42H44O17S. The number of carbonyl (C=O) groups is 7. The molecule has 0 bridgehead atoms. The van der Waals surface area contributed by atoms with Gasteiger partial charge in [0.05, 0.1) is 21.9 Å². The van der Waals surface area contributed by atoms with E-state index < -0.39 is 115 Å². The molecule has 0 saturated carbocycles. The average molecular weight is 853 g/mol. The van der Waals surface area contributed by atoms with Gasteiger partial charge < -0.3 is 47.4 Å². The van der Waals surface area contributed by atoms with Crippen LogP contribution in [0.25, 0.3) is 0 Å². The zero-order valence-corrected chi connectivity index (χ0v) is 34.0. The third kappa shape index (κ3) is 12.1. The fourth-order valence-corrected chi connectivity index (χ4v) is 7.99. The van der Waals surface area contributed by atoms with Gasteiger partial charge in [0.1, 0.15) is 30.9 Å². The molecule has 17 nitrogen and oxygen atoms in total. The standard InChI is InChI=1S/C42H44O17S/c1-23(43)51-21-30-32(53-24(2)44)33(54-25(3)45)36(55-26(4)46)42(57-30)60-37-31(22-52-38(47)27-15-9-6-10-16-27)56-41(50-5)35(59-40(49)29-19-13-8-14-20-29)34(37)58-39(48)28-17-11-7-12-18-28/h6-20,30-37,41-42H,21-22H2,1-5H3/t30-,31-,32+,33+,34-,35-,36-,37-,41+,42+/m1/s1. The number of benzene rings is 3. The van der Waals surface area contributed by atoms with Gasteiger partial charge in [-0.25, -0.2) is 14.4 Å². The van der Waals surface area contributed by atoms with Gasteiger partial charge in [-0.2, -0.15) is 0 Å². The number of rotatable bonds is 15. The molecule has 0 radical (unpaired) electrons. The van der Waals surface area contributed by atoms with Gasteiger partial charge in [-0.15, -0.1) is 11.8 Å². The molecule has 0 amide bonds. The Labute approximate surface area is 349 Å². The molecule has 320 valence electrons. The maximum absolute atomic E-state index is 13.9. The van der Waals surface area contributed by atoms with Crippen molar-refractivity contribution >= 4 is 53.5 Å². The van der Waals surface area contributed by atoms with Crippen LogP contribution in [0.15, 0.2) is 91.0 Å². The third-order valence-corrected chi connectivity index (χ3v) is 10.5. The molecule has 2 aliphatic heterocycles. The lowest BCUT2D eigenvalue weighted by atomic mass is 9.99. The number of methoxy groups -OCH3 is 1. The first kappa shape index (κ1) is 45.3. The van der Waals surface area contributed by atoms with Crippen molar-refractivity contribution in [1.82, 2.24) is 0 Å². The fraction of sp³-hybridized carbons (Fsp3) is 0.405. The van der Waals surface area contributed by atoms with E-state index in [1.54, 1.807) is 54.6 Å². The van der Waals surface area contributed by atoms with Gasteiger partial charge in [0.2, 0.25) is 0 Å². The van der Waals surface area contributed by atoms with E-state index in [-0.39, 0.29) is 16.7 Å². The van der Waals surface area contributed by atoms with Gasteiger partial charge in [-0.3, -0.25) is 19.2 Å². The maximum atomic E-state index is 13.9. The van der Waals surface area contributed by atoms with Crippen LogP contribution in [-0.2, 0) is 66.5 Å². The Morgan fingerprint density at radius 1 is 0.483 bits per heavy atom. The highest BCUT2D eigenvalue weighted by Crippen LogP contribution is 2.42. The SMILES string of the molecule is CO[C@H]1O[C@H](COC(=O)c2ccccc2)[C@@H](S[C@@H]2O[C@H](COC(C)=O)[C@H](OC(C)=O)[C@H](OC(C)=O)[C@H]2OC(C)=O)[C@H](OC(=O)c2ccccc2)[C@H]1OC(=O)c1ccccc1. The summed E-state index contributed by atoms with van der Waals surface area (Å²) in [5.41, 5.74) is -0.964. The smallest absolute Gasteiger partial charge is 0.338 e. The molecule has 0 unspecified atom stereocenters. The number of hydrogen-bond donors (Lipinski definition) is 0. The molecule has 0 aromatic heterocycles. The second-order valence-corrected chi connectivity index (χ2v) is 14.7. The molecule has 60 heavy (non-hydrogen) atoms. The molecule has 10 atom stereocenters. The van der Waals surface area contributed by atoms with E-state index in [9.17, 15) is 33.6 Å². The summed E-state index contributed by atoms with van der Waals surface area (Å²) in [6, 6.07) is 23.9. The van der Waals surface area contributed by atoms with E-state index in [4.69, 9.17) is 47.4 Å². The predicted molar refractivity (Wildman–Crippen MR) is 207 cm³/mol. The largest absolute Gasteiger partial charge is 0.463 e. The van der Waals surface area contributed by atoms with Gasteiger partial charge >= 0.3 is 41.8 Å². The average Bonchev–Trinajstić information content (AvgIpc) is 3.23. The first-order valence-electron chi connectivity index (χ1n) is 18.6. The molecule has 18 heteroatoms. The van der Waals surface area contributed by atoms with Gasteiger partial charge in [0, 0.05) is 34.8 Å². The van der Waals surface area contributed by atoms with Crippen LogP contribution in [-0.4, -0.2) is 122 Å². The quantitative estimate of drug-likeness (QED) is 0.157. The summed E-state index contributed by atoms with van der Waals surface area (Å²) in [6.45, 7) is 3.36. The van der Waals surface area contributed by atoms with Crippen LogP contribution in [0.3, 0.4) is 0 Å². The summed E-state index contributed by atoms with van der Waals surface area (Å²) >= 11 is 0.809. The van der Waals surface area contributed by atoms with Crippen molar-refractivity contribution in [3.63, 3.8) is 0 Å². The first-order chi connectivity index (χ1) is 28.7. The van der Waals surface area contributed by atoms with E-state index in [1.165, 1.54) is 43.5 Å². The van der Waals surface area contributed by atoms with Crippen molar-refractivity contribution in [2.24, 2.45) is 0 Å². The van der Waals surface area contributed by atoms with E-state index in [2.05, 4.69) is 0 Å². The molecule has 0 aliphatic carbocycles. The summed E-state index contributed by atoms with van der Waals surface area (Å²) in [7, 11) is 1.27. The molecule has 3 aromatic carbocycles. The van der Waals surface area contributed by atoms with Crippen LogP contribution in [0.4, 0.5) is 0 Å². The zero-order valence-electron chi connectivity index (χ0n) is 33.2. The Bertz CT molecular complexity index is 1960. The molecule has 2 fully saturated rings. The molecule has 0 spiro atoms. The van der Waals surface area contributed by atoms with Crippen LogP contribution in [0.5, 0.6) is 0 Å². The predicted octanol–water partition coefficient (Wildman–Crippen LogP) is 3.85. The van der Waals surface area contributed by atoms with Crippen molar-refractivity contribution in [3.05, 3.63) is 108 Å². The lowest BCUT2D eigenvalue weighted by Gasteiger charge is -2.48. The number of esters is 7. The van der Waals surface area contributed by atoms with E-state index in [1.807, 2.05) is 0 Å². The van der Waals surface area contributed by atoms with Crippen molar-refractivity contribution in [3.8, 4) is 0 Å². The summed E-state index contributed by atoms with van der Waals surface area (Å²) in [5.74, 6) is -5.70. The van der Waals surface area contributed by atoms with Crippen LogP contribution >= 0.6 is 11.8 Å². The lowest BCUT2D eigenvalue weighted by Crippen LogP contribution is -2.64. The minimum Gasteiger partial charge on any atom is -0.463 e. The van der Waals surface area contributed by atoms with Gasteiger partial charge in [0.15, 0.2) is 36.8 Å². The fourth-order valence-electron chi connectivity index (χ4n) is 6.43. The Morgan fingerprint density at radius 2 is 0.933 bits per heavy atom. The highest BCUT2D eigenvalue weighted by molar-refractivity contribution is 8.00. The number of thioether (sulfide) groups is 1. The first-order valence-corrected chi connectivity index (χ1v) is 19.6. The third-order valence-electron chi connectivity index (χ3n) is 8.96. The molecule has 2 aliphatic rings. The number of carbonyl (C=O) groups excluding carboxylic acids is 7. The highest BCUT2D eigenvalue weighted by atomic mass is 32.2. The van der Waals surface area contributed by atoms with Gasteiger partial charge in [-0.1, -0.05) is 54.6 Å². The Balaban J connectivity index is 1.63. The van der Waals surface area contributed by atoms with Gasteiger partial charge in [-0.05, 0) is 36.4 Å². The van der Waals surface area contributed by atoms with E-state index >= 15 is 0 Å². The van der Waals surface area contributed by atoms with Crippen molar-refractivity contribution in [2.75, 3.05) is 20.3 Å². The second-order valence-electron chi connectivity index (χ2n) is 13.4. The lowest BCUT2D eigenvalue weighted by molar-refractivity contribution is -0.259. The second kappa shape index (κ2) is 21.4. The minimum atomic E-state index is -1.56. The normalized spacial score (nSPS) is 26.0. The monoisotopic (exact) mass is 852 g/mol. The summed E-state index contributed by atoms with van der Waals surface area (Å²) in [6.07, 6.45) is -11.6. The minimum absolute atomic E-state index is 0.120. The number of hydrogen-bond acceptors (Lipinski definition) is 18. The van der Waals surface area contributed by atoms with Crippen LogP contribution in [0, 0.1) is 0 Å². The summed E-state index contributed by atoms with van der Waals surface area (Å²) < 4.78 is 58.5. The van der Waals surface area contributed by atoms with E-state index in [0.717, 1.165) is 39.5 Å². The Hall–Kier alpha value is -5.82. The van der Waals surface area contributed by atoms with Gasteiger partial charge in [0.25, 0.3) is 0 Å². The van der Waals surface area contributed by atoms with Crippen molar-refractivity contribution in [1.29, 1.82) is 0 Å². The topological polar surface area (TPSA) is 212 Å². The molecule has 0 N–H and O–H groups in total. The Kier molecular flexibility index (Phi) is 16.2. The van der Waals surface area contributed by atoms with Crippen molar-refractivity contribution < 1.29 is 80.9 Å². The van der Waals surface area contributed by atoms with Crippen LogP contribution in [0.1, 0.15) is 58.8 Å². The van der Waals surface area contributed by atoms with Crippen LogP contribution in [0.2, 0.25) is 0 Å². The molecule has 2 heterocycles. The highest BCUT2D eigenvalue weighted by Gasteiger charge is 2.57.